The standard InChI is InChI=1S/C26H24N4O3S2/c1-33-20-10-6-16(7-11-20)13-27-30-22(31)15-35-26-28-24(32)23-21(14-34-25(23)29-26)19-9-8-17-4-2-3-5-18(17)12-19/h6-14H,2-5,15H2,1H3,(H,30,31)(H,28,29,32)/b27-13+. The van der Waals surface area contributed by atoms with Gasteiger partial charge in [0, 0.05) is 10.9 Å². The van der Waals surface area contributed by atoms with Gasteiger partial charge < -0.3 is 9.72 Å². The number of benzene rings is 2. The van der Waals surface area contributed by atoms with Crippen molar-refractivity contribution in [3.05, 3.63) is 74.9 Å². The van der Waals surface area contributed by atoms with Crippen molar-refractivity contribution in [2.45, 2.75) is 30.8 Å². The summed E-state index contributed by atoms with van der Waals surface area (Å²) in [7, 11) is 1.60. The number of fused-ring (bicyclic) bond motifs is 2. The first-order valence-corrected chi connectivity index (χ1v) is 13.2. The van der Waals surface area contributed by atoms with Crippen LogP contribution in [0.4, 0.5) is 0 Å². The van der Waals surface area contributed by atoms with Crippen LogP contribution in [0.2, 0.25) is 0 Å². The molecule has 178 valence electrons. The second-order valence-corrected chi connectivity index (χ2v) is 10.1. The van der Waals surface area contributed by atoms with E-state index in [4.69, 9.17) is 4.74 Å². The number of hydrazone groups is 1. The number of carbonyl (C=O) groups is 1. The zero-order valence-corrected chi connectivity index (χ0v) is 20.8. The third-order valence-electron chi connectivity index (χ3n) is 5.94. The van der Waals surface area contributed by atoms with Crippen molar-refractivity contribution in [1.29, 1.82) is 0 Å². The summed E-state index contributed by atoms with van der Waals surface area (Å²) >= 11 is 2.62. The highest BCUT2D eigenvalue weighted by Gasteiger charge is 2.16. The number of H-pyrrole nitrogens is 1. The summed E-state index contributed by atoms with van der Waals surface area (Å²) < 4.78 is 5.12. The Hall–Kier alpha value is -3.43. The van der Waals surface area contributed by atoms with Crippen LogP contribution in [0.3, 0.4) is 0 Å². The lowest BCUT2D eigenvalue weighted by molar-refractivity contribution is -0.118. The largest absolute Gasteiger partial charge is 0.497 e. The van der Waals surface area contributed by atoms with Gasteiger partial charge in [0.15, 0.2) is 5.16 Å². The first-order valence-electron chi connectivity index (χ1n) is 11.3. The number of ether oxygens (including phenoxy) is 1. The van der Waals surface area contributed by atoms with E-state index in [1.165, 1.54) is 47.1 Å². The highest BCUT2D eigenvalue weighted by molar-refractivity contribution is 7.99. The molecule has 5 rings (SSSR count). The second kappa shape index (κ2) is 10.5. The fraction of sp³-hybridized carbons (Fsp3) is 0.231. The van der Waals surface area contributed by atoms with Gasteiger partial charge >= 0.3 is 0 Å². The number of hydrogen-bond acceptors (Lipinski definition) is 7. The van der Waals surface area contributed by atoms with Gasteiger partial charge in [-0.05, 0) is 72.2 Å². The molecular formula is C26H24N4O3S2. The molecule has 35 heavy (non-hydrogen) atoms. The quantitative estimate of drug-likeness (QED) is 0.163. The Morgan fingerprint density at radius 3 is 2.80 bits per heavy atom. The van der Waals surface area contributed by atoms with Crippen molar-refractivity contribution >= 4 is 45.4 Å². The summed E-state index contributed by atoms with van der Waals surface area (Å²) in [6.07, 6.45) is 6.23. The van der Waals surface area contributed by atoms with Gasteiger partial charge in [-0.2, -0.15) is 5.10 Å². The van der Waals surface area contributed by atoms with Gasteiger partial charge in [0.2, 0.25) is 0 Å². The average Bonchev–Trinajstić information content (AvgIpc) is 3.32. The van der Waals surface area contributed by atoms with E-state index in [1.54, 1.807) is 13.3 Å². The molecule has 0 atom stereocenters. The number of aromatic nitrogens is 2. The van der Waals surface area contributed by atoms with E-state index >= 15 is 0 Å². The molecule has 0 aliphatic heterocycles. The predicted molar refractivity (Wildman–Crippen MR) is 142 cm³/mol. The number of amides is 1. The van der Waals surface area contributed by atoms with Crippen molar-refractivity contribution in [3.8, 4) is 16.9 Å². The predicted octanol–water partition coefficient (Wildman–Crippen LogP) is 4.78. The molecule has 0 spiro atoms. The van der Waals surface area contributed by atoms with E-state index < -0.39 is 0 Å². The highest BCUT2D eigenvalue weighted by atomic mass is 32.2. The van der Waals surface area contributed by atoms with Crippen LogP contribution in [0.25, 0.3) is 21.3 Å². The van der Waals surface area contributed by atoms with Gasteiger partial charge in [-0.1, -0.05) is 30.0 Å². The maximum Gasteiger partial charge on any atom is 0.260 e. The third-order valence-corrected chi connectivity index (χ3v) is 7.69. The summed E-state index contributed by atoms with van der Waals surface area (Å²) in [6, 6.07) is 13.8. The monoisotopic (exact) mass is 504 g/mol. The Morgan fingerprint density at radius 2 is 2.00 bits per heavy atom. The third kappa shape index (κ3) is 5.31. The first-order chi connectivity index (χ1) is 17.1. The molecule has 0 bridgehead atoms. The summed E-state index contributed by atoms with van der Waals surface area (Å²) in [4.78, 5) is 33.2. The number of thioether (sulfide) groups is 1. The fourth-order valence-corrected chi connectivity index (χ4v) is 5.80. The molecule has 1 aliphatic rings. The fourth-order valence-electron chi connectivity index (χ4n) is 4.15. The zero-order valence-electron chi connectivity index (χ0n) is 19.2. The van der Waals surface area contributed by atoms with Gasteiger partial charge in [-0.15, -0.1) is 11.3 Å². The molecule has 2 N–H and O–H groups in total. The maximum absolute atomic E-state index is 12.9. The van der Waals surface area contributed by atoms with E-state index in [0.717, 1.165) is 35.3 Å². The van der Waals surface area contributed by atoms with Crippen LogP contribution in [-0.4, -0.2) is 35.0 Å². The van der Waals surface area contributed by atoms with Gasteiger partial charge in [0.05, 0.1) is 24.5 Å². The molecule has 0 saturated carbocycles. The van der Waals surface area contributed by atoms with E-state index in [-0.39, 0.29) is 17.2 Å². The second-order valence-electron chi connectivity index (χ2n) is 8.25. The molecule has 0 radical (unpaired) electrons. The minimum atomic E-state index is -0.288. The molecule has 4 aromatic rings. The SMILES string of the molecule is COc1ccc(/C=N/NC(=O)CSc2nc3scc(-c4ccc5c(c4)CCCC5)c3c(=O)[nH]2)cc1. The molecule has 0 saturated heterocycles. The number of aromatic amines is 1. The summed E-state index contributed by atoms with van der Waals surface area (Å²) in [6.45, 7) is 0. The normalized spacial score (nSPS) is 13.2. The lowest BCUT2D eigenvalue weighted by Crippen LogP contribution is -2.20. The Labute approximate surface area is 210 Å². The lowest BCUT2D eigenvalue weighted by atomic mass is 9.89. The molecule has 1 aliphatic carbocycles. The smallest absolute Gasteiger partial charge is 0.260 e. The number of aryl methyl sites for hydroxylation is 2. The molecule has 9 heteroatoms. The van der Waals surface area contributed by atoms with Crippen molar-refractivity contribution < 1.29 is 9.53 Å². The van der Waals surface area contributed by atoms with Crippen LogP contribution in [0.15, 0.2) is 62.9 Å². The van der Waals surface area contributed by atoms with Crippen LogP contribution in [0.5, 0.6) is 5.75 Å². The lowest BCUT2D eigenvalue weighted by Gasteiger charge is -2.16. The number of carbonyl (C=O) groups excluding carboxylic acids is 1. The Balaban J connectivity index is 1.25. The molecule has 2 heterocycles. The highest BCUT2D eigenvalue weighted by Crippen LogP contribution is 2.34. The van der Waals surface area contributed by atoms with E-state index in [9.17, 15) is 9.59 Å². The molecule has 2 aromatic heterocycles. The number of nitrogens with zero attached hydrogens (tertiary/aromatic N) is 2. The number of methoxy groups -OCH3 is 1. The Morgan fingerprint density at radius 1 is 1.20 bits per heavy atom. The average molecular weight is 505 g/mol. The van der Waals surface area contributed by atoms with E-state index in [0.29, 0.717) is 15.4 Å². The summed E-state index contributed by atoms with van der Waals surface area (Å²) in [5, 5.41) is 6.98. The Bertz CT molecular complexity index is 1460. The number of thiophene rings is 1. The minimum Gasteiger partial charge on any atom is -0.497 e. The van der Waals surface area contributed by atoms with Gasteiger partial charge in [-0.3, -0.25) is 9.59 Å². The molecule has 0 unspecified atom stereocenters. The minimum absolute atomic E-state index is 0.0808. The number of rotatable bonds is 7. The number of nitrogens with one attached hydrogen (secondary N) is 2. The van der Waals surface area contributed by atoms with Crippen LogP contribution >= 0.6 is 23.1 Å². The molecule has 1 amide bonds. The number of hydrogen-bond donors (Lipinski definition) is 2. The summed E-state index contributed by atoms with van der Waals surface area (Å²) in [5.74, 6) is 0.544. The van der Waals surface area contributed by atoms with Crippen LogP contribution in [0, 0.1) is 0 Å². The topological polar surface area (TPSA) is 96.4 Å². The Kier molecular flexibility index (Phi) is 6.96. The summed E-state index contributed by atoms with van der Waals surface area (Å²) in [5.41, 5.74) is 7.90. The van der Waals surface area contributed by atoms with Crippen molar-refractivity contribution in [2.24, 2.45) is 5.10 Å². The molecular weight excluding hydrogens is 480 g/mol. The van der Waals surface area contributed by atoms with Gasteiger partial charge in [0.1, 0.15) is 10.6 Å². The van der Waals surface area contributed by atoms with Crippen LogP contribution < -0.4 is 15.7 Å². The molecule has 0 fully saturated rings. The van der Waals surface area contributed by atoms with Crippen molar-refractivity contribution in [2.75, 3.05) is 12.9 Å². The first kappa shape index (κ1) is 23.3. The molecule has 7 nitrogen and oxygen atoms in total. The van der Waals surface area contributed by atoms with E-state index in [2.05, 4.69) is 38.7 Å². The van der Waals surface area contributed by atoms with Crippen molar-refractivity contribution in [3.63, 3.8) is 0 Å². The molecule has 2 aromatic carbocycles. The van der Waals surface area contributed by atoms with Crippen LogP contribution in [-0.2, 0) is 17.6 Å². The maximum atomic E-state index is 12.9. The van der Waals surface area contributed by atoms with Gasteiger partial charge in [-0.25, -0.2) is 10.4 Å². The van der Waals surface area contributed by atoms with Crippen molar-refractivity contribution in [1.82, 2.24) is 15.4 Å². The van der Waals surface area contributed by atoms with Gasteiger partial charge in [0.25, 0.3) is 11.5 Å². The van der Waals surface area contributed by atoms with Crippen LogP contribution in [0.1, 0.15) is 29.5 Å². The zero-order chi connectivity index (χ0) is 24.2. The van der Waals surface area contributed by atoms with E-state index in [1.807, 2.05) is 29.6 Å².